The maximum Gasteiger partial charge on any atom is 0.264 e. The van der Waals surface area contributed by atoms with Gasteiger partial charge in [0.15, 0.2) is 0 Å². The highest BCUT2D eigenvalue weighted by atomic mass is 19.3. The van der Waals surface area contributed by atoms with Crippen LogP contribution < -0.4 is 26.6 Å². The molecule has 208 valence electrons. The molecule has 1 unspecified atom stereocenters. The van der Waals surface area contributed by atoms with Gasteiger partial charge in [-0.15, -0.1) is 0 Å². The SMILES string of the molecule is CC1CC(=O)Nc2cccc(N3CCCc4cc(/C(C=NCCC5CCNCC5)=C/N)c(C(F)F)cc43)c2N1. The topological polar surface area (TPSA) is 94.8 Å². The Bertz CT molecular complexity index is 1250. The highest BCUT2D eigenvalue weighted by Crippen LogP contribution is 2.44. The smallest absolute Gasteiger partial charge is 0.264 e. The van der Waals surface area contributed by atoms with Crippen molar-refractivity contribution < 1.29 is 13.6 Å². The molecule has 3 aliphatic rings. The molecule has 0 aromatic heterocycles. The Morgan fingerprint density at radius 1 is 1.23 bits per heavy atom. The number of allylic oxidation sites excluding steroid dienone is 1. The summed E-state index contributed by atoms with van der Waals surface area (Å²) in [6, 6.07) is 9.14. The summed E-state index contributed by atoms with van der Waals surface area (Å²) in [5, 5.41) is 9.81. The van der Waals surface area contributed by atoms with Crippen LogP contribution in [0.3, 0.4) is 0 Å². The molecule has 3 aliphatic heterocycles. The Labute approximate surface area is 228 Å². The maximum atomic E-state index is 14.5. The van der Waals surface area contributed by atoms with Gasteiger partial charge in [0, 0.05) is 54.8 Å². The van der Waals surface area contributed by atoms with Crippen molar-refractivity contribution in [3.8, 4) is 0 Å². The summed E-state index contributed by atoms with van der Waals surface area (Å²) >= 11 is 0. The molecule has 5 N–H and O–H groups in total. The number of aliphatic imine (C=N–C) groups is 1. The Morgan fingerprint density at radius 2 is 2.05 bits per heavy atom. The molecule has 7 nitrogen and oxygen atoms in total. The lowest BCUT2D eigenvalue weighted by Crippen LogP contribution is -2.28. The van der Waals surface area contributed by atoms with Gasteiger partial charge in [-0.1, -0.05) is 6.07 Å². The molecule has 39 heavy (non-hydrogen) atoms. The van der Waals surface area contributed by atoms with Crippen LogP contribution in [0.25, 0.3) is 5.57 Å². The third-order valence-electron chi connectivity index (χ3n) is 7.94. The summed E-state index contributed by atoms with van der Waals surface area (Å²) < 4.78 is 29.0. The highest BCUT2D eigenvalue weighted by molar-refractivity contribution is 6.10. The predicted octanol–water partition coefficient (Wildman–Crippen LogP) is 5.61. The molecule has 2 aromatic rings. The number of benzene rings is 2. The maximum absolute atomic E-state index is 14.5. The Hall–Kier alpha value is -3.46. The number of hydrogen-bond donors (Lipinski definition) is 4. The number of fused-ring (bicyclic) bond motifs is 2. The highest BCUT2D eigenvalue weighted by Gasteiger charge is 2.28. The number of alkyl halides is 2. The molecular formula is C30H38F2N6O. The van der Waals surface area contributed by atoms with Crippen LogP contribution in [0.4, 0.5) is 31.5 Å². The van der Waals surface area contributed by atoms with E-state index in [4.69, 9.17) is 5.73 Å². The van der Waals surface area contributed by atoms with Crippen LogP contribution in [0.5, 0.6) is 0 Å². The predicted molar refractivity (Wildman–Crippen MR) is 155 cm³/mol. The fraction of sp³-hybridized carbons (Fsp3) is 0.467. The van der Waals surface area contributed by atoms with E-state index in [-0.39, 0.29) is 17.5 Å². The van der Waals surface area contributed by atoms with Crippen LogP contribution in [-0.2, 0) is 11.2 Å². The summed E-state index contributed by atoms with van der Waals surface area (Å²) in [6.07, 6.45) is 5.67. The second kappa shape index (κ2) is 12.2. The summed E-state index contributed by atoms with van der Waals surface area (Å²) in [6.45, 7) is 5.40. The van der Waals surface area contributed by atoms with Crippen LogP contribution in [0.1, 0.15) is 62.1 Å². The third-order valence-corrected chi connectivity index (χ3v) is 7.94. The molecule has 0 bridgehead atoms. The van der Waals surface area contributed by atoms with E-state index in [1.54, 1.807) is 12.3 Å². The Kier molecular flexibility index (Phi) is 8.45. The van der Waals surface area contributed by atoms with Crippen molar-refractivity contribution in [2.45, 2.75) is 57.9 Å². The van der Waals surface area contributed by atoms with Crippen molar-refractivity contribution in [3.63, 3.8) is 0 Å². The van der Waals surface area contributed by atoms with Crippen LogP contribution in [0.15, 0.2) is 41.5 Å². The second-order valence-corrected chi connectivity index (χ2v) is 10.8. The van der Waals surface area contributed by atoms with Gasteiger partial charge < -0.3 is 26.6 Å². The number of para-hydroxylation sites is 1. The molecule has 9 heteroatoms. The van der Waals surface area contributed by atoms with E-state index in [0.29, 0.717) is 42.3 Å². The molecule has 1 amide bonds. The lowest BCUT2D eigenvalue weighted by atomic mass is 9.92. The molecule has 1 saturated heterocycles. The number of amides is 1. The number of nitrogens with one attached hydrogen (secondary N) is 3. The lowest BCUT2D eigenvalue weighted by molar-refractivity contribution is -0.116. The number of carbonyl (C=O) groups excluding carboxylic acids is 1. The molecule has 3 heterocycles. The van der Waals surface area contributed by atoms with Gasteiger partial charge in [-0.05, 0) is 93.4 Å². The van der Waals surface area contributed by atoms with E-state index in [0.717, 1.165) is 67.8 Å². The fourth-order valence-electron chi connectivity index (χ4n) is 5.92. The largest absolute Gasteiger partial charge is 0.404 e. The first-order chi connectivity index (χ1) is 18.9. The van der Waals surface area contributed by atoms with E-state index in [9.17, 15) is 13.6 Å². The zero-order valence-electron chi connectivity index (χ0n) is 22.5. The molecule has 0 spiro atoms. The van der Waals surface area contributed by atoms with Crippen molar-refractivity contribution in [3.05, 3.63) is 53.2 Å². The minimum Gasteiger partial charge on any atom is -0.404 e. The van der Waals surface area contributed by atoms with Crippen molar-refractivity contribution in [1.82, 2.24) is 5.32 Å². The van der Waals surface area contributed by atoms with Gasteiger partial charge in [-0.25, -0.2) is 8.78 Å². The normalized spacial score (nSPS) is 20.4. The Morgan fingerprint density at radius 3 is 2.82 bits per heavy atom. The number of nitrogens with two attached hydrogens (primary N) is 1. The lowest BCUT2D eigenvalue weighted by Gasteiger charge is -2.34. The van der Waals surface area contributed by atoms with Gasteiger partial charge in [0.05, 0.1) is 17.1 Å². The molecule has 0 saturated carbocycles. The molecule has 1 atom stereocenters. The molecule has 1 fully saturated rings. The zero-order chi connectivity index (χ0) is 27.4. The van der Waals surface area contributed by atoms with E-state index in [2.05, 4.69) is 25.8 Å². The standard InChI is InChI=1S/C30H38F2N6O/c1-19-14-28(39)37-25-5-2-6-26(29(25)36-19)38-13-3-4-21-15-23(24(30(31)32)16-27(21)38)22(17-33)18-35-12-9-20-7-10-34-11-8-20/h2,5-6,15-20,30,34,36H,3-4,7-14,33H2,1H3,(H,37,39)/b22-17+,35-18?. The van der Waals surface area contributed by atoms with E-state index >= 15 is 0 Å². The minimum atomic E-state index is -2.67. The van der Waals surface area contributed by atoms with Gasteiger partial charge in [0.1, 0.15) is 0 Å². The van der Waals surface area contributed by atoms with E-state index in [1.807, 2.05) is 31.2 Å². The second-order valence-electron chi connectivity index (χ2n) is 10.8. The van der Waals surface area contributed by atoms with Crippen LogP contribution in [-0.4, -0.2) is 44.3 Å². The van der Waals surface area contributed by atoms with E-state index in [1.165, 1.54) is 6.20 Å². The number of nitrogens with zero attached hydrogens (tertiary/aromatic N) is 2. The quantitative estimate of drug-likeness (QED) is 0.345. The van der Waals surface area contributed by atoms with E-state index < -0.39 is 6.43 Å². The number of anilines is 4. The third kappa shape index (κ3) is 6.08. The number of rotatable bonds is 7. The van der Waals surface area contributed by atoms with Crippen LogP contribution in [0.2, 0.25) is 0 Å². The molecule has 2 aromatic carbocycles. The monoisotopic (exact) mass is 536 g/mol. The van der Waals surface area contributed by atoms with Gasteiger partial charge in [0.25, 0.3) is 6.43 Å². The van der Waals surface area contributed by atoms with Gasteiger partial charge in [-0.3, -0.25) is 9.79 Å². The van der Waals surface area contributed by atoms with Gasteiger partial charge in [-0.2, -0.15) is 0 Å². The summed E-state index contributed by atoms with van der Waals surface area (Å²) in [4.78, 5) is 18.9. The number of hydrogen-bond acceptors (Lipinski definition) is 6. The van der Waals surface area contributed by atoms with Crippen LogP contribution >= 0.6 is 0 Å². The molecule has 5 rings (SSSR count). The van der Waals surface area contributed by atoms with Crippen molar-refractivity contribution in [2.75, 3.05) is 41.7 Å². The first-order valence-electron chi connectivity index (χ1n) is 14.0. The summed E-state index contributed by atoms with van der Waals surface area (Å²) in [5.41, 5.74) is 11.0. The van der Waals surface area contributed by atoms with Crippen molar-refractivity contribution in [2.24, 2.45) is 16.6 Å². The van der Waals surface area contributed by atoms with Crippen molar-refractivity contribution in [1.29, 1.82) is 0 Å². The van der Waals surface area contributed by atoms with Crippen molar-refractivity contribution >= 4 is 40.4 Å². The Balaban J connectivity index is 1.45. The minimum absolute atomic E-state index is 0.0481. The number of halogens is 2. The zero-order valence-corrected chi connectivity index (χ0v) is 22.5. The molecule has 0 radical (unpaired) electrons. The first kappa shape index (κ1) is 27.1. The van der Waals surface area contributed by atoms with Gasteiger partial charge >= 0.3 is 0 Å². The van der Waals surface area contributed by atoms with Crippen LogP contribution in [0, 0.1) is 5.92 Å². The average molecular weight is 537 g/mol. The number of aryl methyl sites for hydroxylation is 1. The van der Waals surface area contributed by atoms with Gasteiger partial charge in [0.2, 0.25) is 5.91 Å². The average Bonchev–Trinajstić information content (AvgIpc) is 3.08. The molecule has 0 aliphatic carbocycles. The molecular weight excluding hydrogens is 498 g/mol. The fourth-order valence-corrected chi connectivity index (χ4v) is 5.92. The summed E-state index contributed by atoms with van der Waals surface area (Å²) in [7, 11) is 0. The summed E-state index contributed by atoms with van der Waals surface area (Å²) in [5.74, 6) is 0.604. The number of piperidine rings is 1. The first-order valence-corrected chi connectivity index (χ1v) is 14.0. The number of carbonyl (C=O) groups is 1.